The lowest BCUT2D eigenvalue weighted by molar-refractivity contribution is -0.00000816. The van der Waals surface area contributed by atoms with Crippen molar-refractivity contribution in [3.63, 3.8) is 0 Å². The average Bonchev–Trinajstić information content (AvgIpc) is 2.93. The largest absolute Gasteiger partial charge is 1.00 e. The summed E-state index contributed by atoms with van der Waals surface area (Å²) >= 11 is 0. The third kappa shape index (κ3) is 19.7. The van der Waals surface area contributed by atoms with Gasteiger partial charge in [-0.3, -0.25) is 4.48 Å². The number of hydrogen-bond acceptors (Lipinski definition) is 0. The first-order valence-corrected chi connectivity index (χ1v) is 17.2. The normalized spacial score (nSPS) is 11.6. The van der Waals surface area contributed by atoms with Gasteiger partial charge in [0.25, 0.3) is 0 Å². The molecule has 0 unspecified atom stereocenters. The van der Waals surface area contributed by atoms with Gasteiger partial charge in [-0.15, -0.1) is 0 Å². The zero-order valence-corrected chi connectivity index (χ0v) is 27.9. The second-order valence-electron chi connectivity index (χ2n) is 12.1. The molecule has 0 aliphatic heterocycles. The van der Waals surface area contributed by atoms with Crippen LogP contribution < -0.4 is 21.5 Å². The maximum atomic E-state index is 2.44. The Morgan fingerprint density at radius 3 is 0.921 bits per heavy atom. The van der Waals surface area contributed by atoms with Crippen LogP contribution in [0.3, 0.4) is 0 Å². The molecule has 0 heterocycles. The van der Waals surface area contributed by atoms with Crippen molar-refractivity contribution in [3.05, 3.63) is 30.3 Å². The van der Waals surface area contributed by atoms with Crippen LogP contribution in [0.4, 0.5) is 5.69 Å². The van der Waals surface area contributed by atoms with E-state index in [1.165, 1.54) is 178 Å². The van der Waals surface area contributed by atoms with Crippen molar-refractivity contribution in [1.29, 1.82) is 0 Å². The lowest BCUT2D eigenvalue weighted by Crippen LogP contribution is -3.00. The molecule has 1 rings (SSSR count). The standard InChI is InChI=1S/C36H68N.BrH/c1-4-7-10-13-16-19-22-28-33-37(36-31-26-25-27-32-36,34-29-23-20-17-14-11-8-5-2)35-30-24-21-18-15-12-9-6-3;/h25-27,31-32H,4-24,28-30,33-35H2,1-3H3;1H/q+1;/p-1. The van der Waals surface area contributed by atoms with Gasteiger partial charge in [-0.1, -0.05) is 155 Å². The number of quaternary nitrogens is 1. The summed E-state index contributed by atoms with van der Waals surface area (Å²) in [7, 11) is 0. The Bertz CT molecular complexity index is 522. The molecule has 0 spiro atoms. The molecule has 0 fully saturated rings. The van der Waals surface area contributed by atoms with Crippen LogP contribution in [0.5, 0.6) is 0 Å². The number of halogens is 1. The van der Waals surface area contributed by atoms with Crippen molar-refractivity contribution in [2.45, 2.75) is 175 Å². The lowest BCUT2D eigenvalue weighted by Gasteiger charge is -2.39. The first kappa shape index (κ1) is 37.7. The van der Waals surface area contributed by atoms with E-state index in [0.29, 0.717) is 0 Å². The fourth-order valence-electron chi connectivity index (χ4n) is 6.11. The third-order valence-corrected chi connectivity index (χ3v) is 8.62. The van der Waals surface area contributed by atoms with Gasteiger partial charge < -0.3 is 17.0 Å². The summed E-state index contributed by atoms with van der Waals surface area (Å²) in [6.45, 7) is 11.0. The fraction of sp³-hybridized carbons (Fsp3) is 0.833. The number of benzene rings is 1. The Balaban J connectivity index is 0.0000137. The molecule has 0 bridgehead atoms. The van der Waals surface area contributed by atoms with Crippen molar-refractivity contribution in [1.82, 2.24) is 4.48 Å². The van der Waals surface area contributed by atoms with E-state index >= 15 is 0 Å². The Morgan fingerprint density at radius 2 is 0.632 bits per heavy atom. The van der Waals surface area contributed by atoms with E-state index in [0.717, 1.165) is 0 Å². The second-order valence-corrected chi connectivity index (χ2v) is 12.1. The molecule has 1 nitrogen and oxygen atoms in total. The van der Waals surface area contributed by atoms with Crippen LogP contribution in [0.15, 0.2) is 30.3 Å². The highest BCUT2D eigenvalue weighted by Gasteiger charge is 2.29. The zero-order valence-electron chi connectivity index (χ0n) is 26.3. The molecule has 0 aliphatic carbocycles. The number of nitrogens with zero attached hydrogens (tertiary/aromatic N) is 1. The molecule has 0 N–H and O–H groups in total. The van der Waals surface area contributed by atoms with Crippen molar-refractivity contribution in [2.24, 2.45) is 0 Å². The molecule has 38 heavy (non-hydrogen) atoms. The van der Waals surface area contributed by atoms with Crippen LogP contribution in [0.1, 0.15) is 175 Å². The van der Waals surface area contributed by atoms with Gasteiger partial charge in [0.2, 0.25) is 0 Å². The molecule has 1 aromatic carbocycles. The average molecular weight is 595 g/mol. The topological polar surface area (TPSA) is 0 Å². The molecule has 0 aliphatic rings. The van der Waals surface area contributed by atoms with E-state index in [1.807, 2.05) is 0 Å². The first-order valence-electron chi connectivity index (χ1n) is 17.2. The number of hydrogen-bond donors (Lipinski definition) is 0. The minimum absolute atomic E-state index is 0. The van der Waals surface area contributed by atoms with Crippen molar-refractivity contribution < 1.29 is 17.0 Å². The molecule has 0 saturated heterocycles. The van der Waals surface area contributed by atoms with Gasteiger partial charge in [0.1, 0.15) is 5.69 Å². The van der Waals surface area contributed by atoms with E-state index in [1.54, 1.807) is 5.69 Å². The van der Waals surface area contributed by atoms with Gasteiger partial charge in [0.05, 0.1) is 19.6 Å². The molecular formula is C36H68BrN. The Kier molecular flexibility index (Phi) is 27.9. The smallest absolute Gasteiger partial charge is 0.132 e. The van der Waals surface area contributed by atoms with Crippen LogP contribution in [0.2, 0.25) is 0 Å². The highest BCUT2D eigenvalue weighted by molar-refractivity contribution is 5.42. The summed E-state index contributed by atoms with van der Waals surface area (Å²) < 4.78 is 1.25. The minimum Gasteiger partial charge on any atom is -1.00 e. The molecule has 0 saturated carbocycles. The van der Waals surface area contributed by atoms with Gasteiger partial charge in [0.15, 0.2) is 0 Å². The van der Waals surface area contributed by atoms with Gasteiger partial charge in [0, 0.05) is 0 Å². The van der Waals surface area contributed by atoms with E-state index < -0.39 is 0 Å². The van der Waals surface area contributed by atoms with Gasteiger partial charge >= 0.3 is 0 Å². The monoisotopic (exact) mass is 593 g/mol. The third-order valence-electron chi connectivity index (χ3n) is 8.62. The van der Waals surface area contributed by atoms with Crippen LogP contribution in [-0.4, -0.2) is 19.6 Å². The van der Waals surface area contributed by atoms with Crippen LogP contribution in [-0.2, 0) is 0 Å². The number of para-hydroxylation sites is 1. The maximum absolute atomic E-state index is 2.44. The molecule has 0 atom stereocenters. The Hall–Kier alpha value is -0.340. The van der Waals surface area contributed by atoms with Crippen LogP contribution in [0.25, 0.3) is 0 Å². The summed E-state index contributed by atoms with van der Waals surface area (Å²) in [6, 6.07) is 11.7. The predicted molar refractivity (Wildman–Crippen MR) is 171 cm³/mol. The van der Waals surface area contributed by atoms with Gasteiger partial charge in [-0.25, -0.2) is 0 Å². The summed E-state index contributed by atoms with van der Waals surface area (Å²) in [4.78, 5) is 0. The molecule has 2 heteroatoms. The van der Waals surface area contributed by atoms with E-state index in [4.69, 9.17) is 0 Å². The van der Waals surface area contributed by atoms with Crippen molar-refractivity contribution >= 4 is 5.69 Å². The van der Waals surface area contributed by atoms with Crippen molar-refractivity contribution in [3.8, 4) is 0 Å². The summed E-state index contributed by atoms with van der Waals surface area (Å²) in [5.74, 6) is 0. The zero-order chi connectivity index (χ0) is 26.7. The van der Waals surface area contributed by atoms with Crippen LogP contribution >= 0.6 is 0 Å². The second kappa shape index (κ2) is 28.2. The fourth-order valence-corrected chi connectivity index (χ4v) is 6.11. The Labute approximate surface area is 251 Å². The SMILES string of the molecule is CCCCCCCCCC[N+](CCCCCCCCCC)(CCCCCCCCCC)c1ccccc1.[Br-]. The highest BCUT2D eigenvalue weighted by atomic mass is 79.9. The van der Waals surface area contributed by atoms with E-state index in [-0.39, 0.29) is 17.0 Å². The molecular weight excluding hydrogens is 526 g/mol. The molecule has 0 amide bonds. The van der Waals surface area contributed by atoms with E-state index in [9.17, 15) is 0 Å². The molecule has 1 aromatic rings. The molecule has 0 aromatic heterocycles. The summed E-state index contributed by atoms with van der Waals surface area (Å²) in [5, 5.41) is 0. The number of unbranched alkanes of at least 4 members (excludes halogenated alkanes) is 21. The van der Waals surface area contributed by atoms with Gasteiger partial charge in [-0.2, -0.15) is 0 Å². The minimum atomic E-state index is 0. The van der Waals surface area contributed by atoms with Crippen LogP contribution in [0, 0.1) is 0 Å². The maximum Gasteiger partial charge on any atom is 0.132 e. The quantitative estimate of drug-likeness (QED) is 0.0670. The molecule has 0 radical (unpaired) electrons. The lowest BCUT2D eigenvalue weighted by atomic mass is 10.0. The number of rotatable bonds is 28. The summed E-state index contributed by atoms with van der Waals surface area (Å²) in [6.07, 6.45) is 34.1. The summed E-state index contributed by atoms with van der Waals surface area (Å²) in [5.41, 5.74) is 1.59. The van der Waals surface area contributed by atoms with Gasteiger partial charge in [-0.05, 0) is 50.7 Å². The van der Waals surface area contributed by atoms with E-state index in [2.05, 4.69) is 51.1 Å². The molecule has 224 valence electrons. The van der Waals surface area contributed by atoms with Crippen molar-refractivity contribution in [2.75, 3.05) is 19.6 Å². The first-order chi connectivity index (χ1) is 18.3. The Morgan fingerprint density at radius 1 is 0.368 bits per heavy atom. The highest BCUT2D eigenvalue weighted by Crippen LogP contribution is 2.27. The predicted octanol–water partition coefficient (Wildman–Crippen LogP) is 9.42.